The van der Waals surface area contributed by atoms with Crippen molar-refractivity contribution in [2.75, 3.05) is 5.32 Å². The molecule has 88 valence electrons. The molecule has 0 aromatic carbocycles. The molecule has 0 fully saturated rings. The Balaban J connectivity index is 2.06. The number of unbranched alkanes of at least 4 members (excludes halogenated alkanes) is 1. The summed E-state index contributed by atoms with van der Waals surface area (Å²) in [5.74, 6) is 1.37. The number of rotatable bonds is 5. The van der Waals surface area contributed by atoms with Crippen LogP contribution in [0.2, 0.25) is 0 Å². The van der Waals surface area contributed by atoms with Gasteiger partial charge in [-0.15, -0.1) is 0 Å². The molecule has 2 aromatic heterocycles. The number of aryl methyl sites for hydroxylation is 1. The van der Waals surface area contributed by atoms with E-state index in [1.807, 2.05) is 18.3 Å². The number of nitrogens with one attached hydrogen (secondary N) is 1. The van der Waals surface area contributed by atoms with Gasteiger partial charge in [0.1, 0.15) is 5.82 Å². The highest BCUT2D eigenvalue weighted by Gasteiger charge is 1.99. The predicted octanol–water partition coefficient (Wildman–Crippen LogP) is 2.96. The predicted molar refractivity (Wildman–Crippen MR) is 68.2 cm³/mol. The molecule has 0 aliphatic heterocycles. The summed E-state index contributed by atoms with van der Waals surface area (Å²) in [6, 6.07) is 5.88. The van der Waals surface area contributed by atoms with Gasteiger partial charge in [-0.05, 0) is 36.6 Å². The maximum atomic E-state index is 4.25. The molecule has 0 unspecified atom stereocenters. The van der Waals surface area contributed by atoms with E-state index in [4.69, 9.17) is 0 Å². The molecule has 2 rings (SSSR count). The molecule has 0 saturated heterocycles. The van der Waals surface area contributed by atoms with Gasteiger partial charge in [0.05, 0.1) is 0 Å². The second-order valence-electron chi connectivity index (χ2n) is 3.85. The topological polar surface area (TPSA) is 50.7 Å². The van der Waals surface area contributed by atoms with Crippen LogP contribution in [0.5, 0.6) is 0 Å². The zero-order chi connectivity index (χ0) is 11.9. The summed E-state index contributed by atoms with van der Waals surface area (Å²) in [5, 5.41) is 3.09. The lowest BCUT2D eigenvalue weighted by Crippen LogP contribution is -1.98. The second kappa shape index (κ2) is 5.94. The van der Waals surface area contributed by atoms with Crippen LogP contribution >= 0.6 is 0 Å². The van der Waals surface area contributed by atoms with Crippen LogP contribution in [0, 0.1) is 0 Å². The Bertz CT molecular complexity index is 456. The van der Waals surface area contributed by atoms with E-state index >= 15 is 0 Å². The summed E-state index contributed by atoms with van der Waals surface area (Å²) < 4.78 is 0. The summed E-state index contributed by atoms with van der Waals surface area (Å²) in [4.78, 5) is 12.5. The SMILES string of the molecule is CCCCc1ccnc(Nc2ncccn2)c1. The summed E-state index contributed by atoms with van der Waals surface area (Å²) in [5.41, 5.74) is 1.29. The number of pyridine rings is 1. The molecule has 0 saturated carbocycles. The fourth-order valence-corrected chi connectivity index (χ4v) is 1.56. The molecule has 0 atom stereocenters. The average Bonchev–Trinajstić information content (AvgIpc) is 2.38. The summed E-state index contributed by atoms with van der Waals surface area (Å²) in [7, 11) is 0. The lowest BCUT2D eigenvalue weighted by Gasteiger charge is -2.05. The zero-order valence-electron chi connectivity index (χ0n) is 9.93. The molecule has 2 heterocycles. The van der Waals surface area contributed by atoms with E-state index in [1.165, 1.54) is 18.4 Å². The fraction of sp³-hybridized carbons (Fsp3) is 0.308. The van der Waals surface area contributed by atoms with E-state index in [0.29, 0.717) is 5.95 Å². The largest absolute Gasteiger partial charge is 0.309 e. The first-order valence-corrected chi connectivity index (χ1v) is 5.87. The van der Waals surface area contributed by atoms with Crippen molar-refractivity contribution in [2.24, 2.45) is 0 Å². The van der Waals surface area contributed by atoms with E-state index in [1.54, 1.807) is 18.5 Å². The second-order valence-corrected chi connectivity index (χ2v) is 3.85. The molecule has 0 amide bonds. The van der Waals surface area contributed by atoms with Crippen LogP contribution in [-0.2, 0) is 6.42 Å². The molecule has 0 bridgehead atoms. The van der Waals surface area contributed by atoms with E-state index in [2.05, 4.69) is 27.2 Å². The third kappa shape index (κ3) is 3.52. The highest BCUT2D eigenvalue weighted by atomic mass is 15.1. The van der Waals surface area contributed by atoms with Crippen molar-refractivity contribution in [3.63, 3.8) is 0 Å². The zero-order valence-corrected chi connectivity index (χ0v) is 9.93. The number of anilines is 2. The average molecular weight is 228 g/mol. The van der Waals surface area contributed by atoms with Crippen LogP contribution in [0.1, 0.15) is 25.3 Å². The molecule has 2 aromatic rings. The van der Waals surface area contributed by atoms with E-state index in [9.17, 15) is 0 Å². The van der Waals surface area contributed by atoms with Crippen LogP contribution < -0.4 is 5.32 Å². The Morgan fingerprint density at radius 1 is 1.12 bits per heavy atom. The minimum Gasteiger partial charge on any atom is -0.309 e. The molecule has 1 N–H and O–H groups in total. The van der Waals surface area contributed by atoms with E-state index in [-0.39, 0.29) is 0 Å². The van der Waals surface area contributed by atoms with E-state index in [0.717, 1.165) is 12.2 Å². The normalized spacial score (nSPS) is 10.2. The van der Waals surface area contributed by atoms with Gasteiger partial charge in [-0.25, -0.2) is 15.0 Å². The lowest BCUT2D eigenvalue weighted by atomic mass is 10.1. The maximum Gasteiger partial charge on any atom is 0.228 e. The Hall–Kier alpha value is -1.97. The van der Waals surface area contributed by atoms with Crippen molar-refractivity contribution in [3.8, 4) is 0 Å². The minimum absolute atomic E-state index is 0.577. The Morgan fingerprint density at radius 2 is 1.94 bits per heavy atom. The van der Waals surface area contributed by atoms with Crippen LogP contribution in [0.25, 0.3) is 0 Å². The molecule has 0 aliphatic rings. The van der Waals surface area contributed by atoms with Crippen LogP contribution in [0.4, 0.5) is 11.8 Å². The third-order valence-corrected chi connectivity index (χ3v) is 2.45. The van der Waals surface area contributed by atoms with Crippen molar-refractivity contribution in [1.82, 2.24) is 15.0 Å². The summed E-state index contributed by atoms with van der Waals surface area (Å²) in [6.45, 7) is 2.19. The summed E-state index contributed by atoms with van der Waals surface area (Å²) in [6.07, 6.45) is 8.71. The molecular weight excluding hydrogens is 212 g/mol. The molecule has 0 radical (unpaired) electrons. The van der Waals surface area contributed by atoms with Crippen molar-refractivity contribution in [2.45, 2.75) is 26.2 Å². The third-order valence-electron chi connectivity index (χ3n) is 2.45. The molecule has 4 heteroatoms. The van der Waals surface area contributed by atoms with Crippen LogP contribution in [0.15, 0.2) is 36.8 Å². The quantitative estimate of drug-likeness (QED) is 0.854. The number of aromatic nitrogens is 3. The lowest BCUT2D eigenvalue weighted by molar-refractivity contribution is 0.794. The molecular formula is C13H16N4. The number of hydrogen-bond acceptors (Lipinski definition) is 4. The number of hydrogen-bond donors (Lipinski definition) is 1. The Labute approximate surface area is 101 Å². The van der Waals surface area contributed by atoms with Crippen molar-refractivity contribution >= 4 is 11.8 Å². The first kappa shape index (κ1) is 11.5. The molecule has 4 nitrogen and oxygen atoms in total. The number of nitrogens with zero attached hydrogens (tertiary/aromatic N) is 3. The Kier molecular flexibility index (Phi) is 4.02. The van der Waals surface area contributed by atoms with Gasteiger partial charge >= 0.3 is 0 Å². The standard InChI is InChI=1S/C13H16N4/c1-2-3-5-11-6-9-14-12(10-11)17-13-15-7-4-8-16-13/h4,6-10H,2-3,5H2,1H3,(H,14,15,16,17). The van der Waals surface area contributed by atoms with Gasteiger partial charge in [-0.1, -0.05) is 13.3 Å². The molecule has 0 aliphatic carbocycles. The van der Waals surface area contributed by atoms with E-state index < -0.39 is 0 Å². The molecule has 0 spiro atoms. The van der Waals surface area contributed by atoms with Crippen LogP contribution in [-0.4, -0.2) is 15.0 Å². The highest BCUT2D eigenvalue weighted by Crippen LogP contribution is 2.12. The minimum atomic E-state index is 0.577. The highest BCUT2D eigenvalue weighted by molar-refractivity contribution is 5.48. The monoisotopic (exact) mass is 228 g/mol. The first-order chi connectivity index (χ1) is 8.38. The van der Waals surface area contributed by atoms with Gasteiger partial charge in [0, 0.05) is 18.6 Å². The first-order valence-electron chi connectivity index (χ1n) is 5.87. The van der Waals surface area contributed by atoms with Gasteiger partial charge in [0.15, 0.2) is 0 Å². The van der Waals surface area contributed by atoms with Crippen LogP contribution in [0.3, 0.4) is 0 Å². The van der Waals surface area contributed by atoms with Crippen molar-refractivity contribution in [1.29, 1.82) is 0 Å². The van der Waals surface area contributed by atoms with Gasteiger partial charge in [-0.3, -0.25) is 0 Å². The molecule has 17 heavy (non-hydrogen) atoms. The van der Waals surface area contributed by atoms with Gasteiger partial charge < -0.3 is 5.32 Å². The fourth-order valence-electron chi connectivity index (χ4n) is 1.56. The van der Waals surface area contributed by atoms with Gasteiger partial charge in [0.2, 0.25) is 5.95 Å². The maximum absolute atomic E-state index is 4.25. The van der Waals surface area contributed by atoms with Crippen molar-refractivity contribution < 1.29 is 0 Å². The van der Waals surface area contributed by atoms with Crippen molar-refractivity contribution in [3.05, 3.63) is 42.4 Å². The smallest absolute Gasteiger partial charge is 0.228 e. The van der Waals surface area contributed by atoms with Gasteiger partial charge in [-0.2, -0.15) is 0 Å². The summed E-state index contributed by atoms with van der Waals surface area (Å²) >= 11 is 0. The Morgan fingerprint density at radius 3 is 2.71 bits per heavy atom. The van der Waals surface area contributed by atoms with Gasteiger partial charge in [0.25, 0.3) is 0 Å².